The highest BCUT2D eigenvalue weighted by atomic mass is 35.5. The van der Waals surface area contributed by atoms with E-state index in [1.165, 1.54) is 0 Å². The maximum Gasteiger partial charge on any atom is 0.254 e. The van der Waals surface area contributed by atoms with Crippen molar-refractivity contribution in [3.63, 3.8) is 0 Å². The predicted molar refractivity (Wildman–Crippen MR) is 134 cm³/mol. The maximum absolute atomic E-state index is 13.1. The van der Waals surface area contributed by atoms with Gasteiger partial charge in [0, 0.05) is 42.3 Å². The van der Waals surface area contributed by atoms with Crippen LogP contribution >= 0.6 is 11.6 Å². The zero-order valence-electron chi connectivity index (χ0n) is 19.7. The van der Waals surface area contributed by atoms with E-state index >= 15 is 0 Å². The van der Waals surface area contributed by atoms with Gasteiger partial charge in [0.25, 0.3) is 11.8 Å². The minimum absolute atomic E-state index is 0.0696. The lowest BCUT2D eigenvalue weighted by Gasteiger charge is -2.35. The highest BCUT2D eigenvalue weighted by Gasteiger charge is 2.26. The van der Waals surface area contributed by atoms with E-state index in [1.807, 2.05) is 24.3 Å². The van der Waals surface area contributed by atoms with E-state index < -0.39 is 0 Å². The number of benzene rings is 3. The minimum atomic E-state index is -0.110. The van der Waals surface area contributed by atoms with Gasteiger partial charge in [-0.05, 0) is 54.1 Å². The molecule has 3 aromatic rings. The third-order valence-corrected chi connectivity index (χ3v) is 6.14. The van der Waals surface area contributed by atoms with Crippen molar-refractivity contribution in [2.45, 2.75) is 6.61 Å². The van der Waals surface area contributed by atoms with Crippen LogP contribution in [0.1, 0.15) is 26.3 Å². The number of piperazine rings is 1. The van der Waals surface area contributed by atoms with E-state index in [4.69, 9.17) is 25.8 Å². The summed E-state index contributed by atoms with van der Waals surface area (Å²) in [4.78, 5) is 29.5. The Morgan fingerprint density at radius 3 is 2.00 bits per heavy atom. The molecule has 0 saturated carbocycles. The lowest BCUT2D eigenvalue weighted by Crippen LogP contribution is -2.50. The van der Waals surface area contributed by atoms with Gasteiger partial charge in [-0.2, -0.15) is 0 Å². The lowest BCUT2D eigenvalue weighted by atomic mass is 10.1. The maximum atomic E-state index is 13.1. The smallest absolute Gasteiger partial charge is 0.254 e. The standard InChI is InChI=1S/C27H27ClN2O5/c1-33-23-5-3-4-20(16-23)26(31)29-12-14-30(15-13-29)27(32)21-8-11-24(25(17-21)34-2)35-18-19-6-9-22(28)10-7-19/h3-11,16-17H,12-15,18H2,1-2H3. The Balaban J connectivity index is 1.36. The van der Waals surface area contributed by atoms with Crippen molar-refractivity contribution >= 4 is 23.4 Å². The Morgan fingerprint density at radius 1 is 0.771 bits per heavy atom. The van der Waals surface area contributed by atoms with Gasteiger partial charge >= 0.3 is 0 Å². The zero-order chi connectivity index (χ0) is 24.8. The Hall–Kier alpha value is -3.71. The van der Waals surface area contributed by atoms with Crippen LogP contribution in [0.5, 0.6) is 17.2 Å². The average molecular weight is 495 g/mol. The van der Waals surface area contributed by atoms with Crippen molar-refractivity contribution < 1.29 is 23.8 Å². The van der Waals surface area contributed by atoms with Crippen LogP contribution in [0.3, 0.4) is 0 Å². The first-order chi connectivity index (χ1) is 17.0. The Morgan fingerprint density at radius 2 is 1.40 bits per heavy atom. The lowest BCUT2D eigenvalue weighted by molar-refractivity contribution is 0.0535. The Kier molecular flexibility index (Phi) is 7.77. The van der Waals surface area contributed by atoms with Crippen LogP contribution in [0.4, 0.5) is 0 Å². The van der Waals surface area contributed by atoms with Crippen molar-refractivity contribution in [1.29, 1.82) is 0 Å². The molecule has 1 heterocycles. The highest BCUT2D eigenvalue weighted by Crippen LogP contribution is 2.30. The largest absolute Gasteiger partial charge is 0.497 e. The molecule has 0 spiro atoms. The summed E-state index contributed by atoms with van der Waals surface area (Å²) in [6, 6.07) is 19.7. The summed E-state index contributed by atoms with van der Waals surface area (Å²) in [5.74, 6) is 1.49. The molecule has 1 aliphatic rings. The molecule has 0 N–H and O–H groups in total. The van der Waals surface area contributed by atoms with Gasteiger partial charge in [0.1, 0.15) is 12.4 Å². The van der Waals surface area contributed by atoms with Crippen LogP contribution in [-0.4, -0.2) is 62.0 Å². The molecule has 7 nitrogen and oxygen atoms in total. The second-order valence-electron chi connectivity index (χ2n) is 8.10. The second kappa shape index (κ2) is 11.1. The van der Waals surface area contributed by atoms with Gasteiger partial charge in [0.05, 0.1) is 14.2 Å². The molecule has 0 atom stereocenters. The summed E-state index contributed by atoms with van der Waals surface area (Å²) in [7, 11) is 3.11. The van der Waals surface area contributed by atoms with E-state index in [1.54, 1.807) is 66.5 Å². The number of ether oxygens (including phenoxy) is 3. The average Bonchev–Trinajstić information content (AvgIpc) is 2.92. The molecule has 0 radical (unpaired) electrons. The van der Waals surface area contributed by atoms with Crippen molar-refractivity contribution in [2.24, 2.45) is 0 Å². The summed E-state index contributed by atoms with van der Waals surface area (Å²) >= 11 is 5.93. The quantitative estimate of drug-likeness (QED) is 0.482. The first-order valence-corrected chi connectivity index (χ1v) is 11.6. The van der Waals surface area contributed by atoms with Crippen LogP contribution in [0, 0.1) is 0 Å². The second-order valence-corrected chi connectivity index (χ2v) is 8.53. The number of carbonyl (C=O) groups excluding carboxylic acids is 2. The number of methoxy groups -OCH3 is 2. The first-order valence-electron chi connectivity index (χ1n) is 11.3. The van der Waals surface area contributed by atoms with Gasteiger partial charge < -0.3 is 24.0 Å². The third-order valence-electron chi connectivity index (χ3n) is 5.89. The van der Waals surface area contributed by atoms with E-state index in [-0.39, 0.29) is 11.8 Å². The summed E-state index contributed by atoms with van der Waals surface area (Å²) < 4.78 is 16.6. The number of rotatable bonds is 7. The molecule has 1 saturated heterocycles. The van der Waals surface area contributed by atoms with Crippen molar-refractivity contribution in [3.8, 4) is 17.2 Å². The van der Waals surface area contributed by atoms with E-state index in [0.29, 0.717) is 66.2 Å². The number of hydrogen-bond donors (Lipinski definition) is 0. The topological polar surface area (TPSA) is 68.3 Å². The molecule has 1 fully saturated rings. The molecule has 0 bridgehead atoms. The molecule has 1 aliphatic heterocycles. The summed E-state index contributed by atoms with van der Waals surface area (Å²) in [6.07, 6.45) is 0. The van der Waals surface area contributed by atoms with Crippen molar-refractivity contribution in [1.82, 2.24) is 9.80 Å². The molecule has 0 unspecified atom stereocenters. The zero-order valence-corrected chi connectivity index (χ0v) is 20.5. The Bertz CT molecular complexity index is 1190. The van der Waals surface area contributed by atoms with Gasteiger partial charge in [-0.25, -0.2) is 0 Å². The fourth-order valence-corrected chi connectivity index (χ4v) is 4.02. The molecule has 4 rings (SSSR count). The molecule has 0 aromatic heterocycles. The van der Waals surface area contributed by atoms with Gasteiger partial charge in [0.15, 0.2) is 11.5 Å². The molecule has 2 amide bonds. The monoisotopic (exact) mass is 494 g/mol. The van der Waals surface area contributed by atoms with Gasteiger partial charge in [-0.15, -0.1) is 0 Å². The van der Waals surface area contributed by atoms with E-state index in [0.717, 1.165) is 5.56 Å². The SMILES string of the molecule is COc1cccc(C(=O)N2CCN(C(=O)c3ccc(OCc4ccc(Cl)cc4)c(OC)c3)CC2)c1. The predicted octanol–water partition coefficient (Wildman–Crippen LogP) is 4.53. The number of hydrogen-bond acceptors (Lipinski definition) is 5. The first kappa shape index (κ1) is 24.4. The number of carbonyl (C=O) groups is 2. The summed E-state index contributed by atoms with van der Waals surface area (Å²) in [5.41, 5.74) is 2.05. The van der Waals surface area contributed by atoms with E-state index in [9.17, 15) is 9.59 Å². The van der Waals surface area contributed by atoms with Gasteiger partial charge in [0.2, 0.25) is 0 Å². The number of halogens is 1. The molecular formula is C27H27ClN2O5. The minimum Gasteiger partial charge on any atom is -0.497 e. The molecular weight excluding hydrogens is 468 g/mol. The van der Waals surface area contributed by atoms with Crippen molar-refractivity contribution in [3.05, 3.63) is 88.4 Å². The van der Waals surface area contributed by atoms with E-state index in [2.05, 4.69) is 0 Å². The van der Waals surface area contributed by atoms with Gasteiger partial charge in [-0.3, -0.25) is 9.59 Å². The molecule has 3 aromatic carbocycles. The molecule has 8 heteroatoms. The van der Waals surface area contributed by atoms with Crippen molar-refractivity contribution in [2.75, 3.05) is 40.4 Å². The normalized spacial score (nSPS) is 13.3. The van der Waals surface area contributed by atoms with Crippen LogP contribution in [0.15, 0.2) is 66.7 Å². The number of nitrogens with zero attached hydrogens (tertiary/aromatic N) is 2. The van der Waals surface area contributed by atoms with Crippen LogP contribution in [0.2, 0.25) is 5.02 Å². The molecule has 0 aliphatic carbocycles. The third kappa shape index (κ3) is 5.87. The molecule has 182 valence electrons. The van der Waals surface area contributed by atoms with Crippen LogP contribution < -0.4 is 14.2 Å². The fourth-order valence-electron chi connectivity index (χ4n) is 3.90. The summed E-state index contributed by atoms with van der Waals surface area (Å²) in [5, 5.41) is 0.666. The highest BCUT2D eigenvalue weighted by molar-refractivity contribution is 6.30. The summed E-state index contributed by atoms with van der Waals surface area (Å²) in [6.45, 7) is 2.17. The van der Waals surface area contributed by atoms with Crippen LogP contribution in [-0.2, 0) is 6.61 Å². The van der Waals surface area contributed by atoms with Gasteiger partial charge in [-0.1, -0.05) is 29.8 Å². The van der Waals surface area contributed by atoms with Crippen LogP contribution in [0.25, 0.3) is 0 Å². The fraction of sp³-hybridized carbons (Fsp3) is 0.259. The number of amides is 2. The molecule has 35 heavy (non-hydrogen) atoms. The Labute approximate surface area is 209 Å².